The highest BCUT2D eigenvalue weighted by Gasteiger charge is 2.50. The van der Waals surface area contributed by atoms with E-state index in [4.69, 9.17) is 18.9 Å². The maximum atomic E-state index is 14.4. The molecular weight excluding hydrogens is 1170 g/mol. The maximum absolute atomic E-state index is 14.4. The summed E-state index contributed by atoms with van der Waals surface area (Å²) in [4.78, 5) is 69.5. The van der Waals surface area contributed by atoms with Crippen LogP contribution in [0.4, 0.5) is 18.4 Å². The molecule has 6 heterocycles. The van der Waals surface area contributed by atoms with E-state index in [0.717, 1.165) is 14.2 Å². The number of ether oxygens (including phenoxy) is 2. The Kier molecular flexibility index (Phi) is 18.4. The number of piperazine rings is 2. The van der Waals surface area contributed by atoms with Crippen molar-refractivity contribution in [3.63, 3.8) is 0 Å². The molecule has 22 nitrogen and oxygen atoms in total. The molecule has 2 saturated heterocycles. The highest BCUT2D eigenvalue weighted by Crippen LogP contribution is 2.50. The van der Waals surface area contributed by atoms with Crippen LogP contribution in [0.2, 0.25) is 16.6 Å². The number of phenols is 1. The Bertz CT molecular complexity index is 3790. The molecule has 4 aliphatic rings. The molecule has 0 saturated carbocycles. The second kappa shape index (κ2) is 25.1. The third-order valence-corrected chi connectivity index (χ3v) is 26.2. The lowest BCUT2D eigenvalue weighted by Crippen LogP contribution is -2.53. The van der Waals surface area contributed by atoms with Crippen molar-refractivity contribution in [3.05, 3.63) is 130 Å². The largest absolute Gasteiger partial charge is 0.541 e. The number of halogens is 2. The van der Waals surface area contributed by atoms with Gasteiger partial charge in [0.05, 0.1) is 24.2 Å². The lowest BCUT2D eigenvalue weighted by molar-refractivity contribution is 0.0757. The summed E-state index contributed by atoms with van der Waals surface area (Å²) in [5.74, 6) is -1.05. The molecule has 0 spiro atoms. The predicted molar refractivity (Wildman–Crippen MR) is 320 cm³/mol. The number of rotatable bonds is 15. The Labute approximate surface area is 500 Å². The molecule has 0 aliphatic carbocycles. The minimum absolute atomic E-state index is 0.00278. The summed E-state index contributed by atoms with van der Waals surface area (Å²) in [6.07, 6.45) is 1.75. The smallest absolute Gasteiger partial charge is 0.415 e. The average Bonchev–Trinajstić information content (AvgIpc) is 1.52. The van der Waals surface area contributed by atoms with Crippen molar-refractivity contribution in [2.45, 2.75) is 84.3 Å². The molecule has 1 N–H and O–H groups in total. The molecule has 0 atom stereocenters. The number of phenolic OH excluding ortho intramolecular Hbond substituents is 1. The van der Waals surface area contributed by atoms with Gasteiger partial charge < -0.3 is 38.6 Å². The lowest BCUT2D eigenvalue weighted by atomic mass is 10.0. The van der Waals surface area contributed by atoms with Crippen LogP contribution in [0, 0.1) is 11.6 Å². The Hall–Kier alpha value is -7.40. The minimum atomic E-state index is -3.62. The van der Waals surface area contributed by atoms with Gasteiger partial charge in [0.25, 0.3) is 40.6 Å². The molecule has 6 aromatic rings. The van der Waals surface area contributed by atoms with E-state index < -0.39 is 52.6 Å². The van der Waals surface area contributed by atoms with E-state index in [1.165, 1.54) is 82.0 Å². The minimum Gasteiger partial charge on any atom is -0.541 e. The molecule has 2 fully saturated rings. The molecule has 4 amide bonds. The fourth-order valence-electron chi connectivity index (χ4n) is 11.9. The van der Waals surface area contributed by atoms with Crippen LogP contribution < -0.4 is 13.9 Å². The van der Waals surface area contributed by atoms with Crippen LogP contribution in [-0.2, 0) is 46.6 Å². The summed E-state index contributed by atoms with van der Waals surface area (Å²) >= 11 is 0. The number of carbonyl (C=O) groups is 4. The van der Waals surface area contributed by atoms with E-state index in [2.05, 4.69) is 46.5 Å². The number of nitrogens with zero attached hydrogens (tertiary/aromatic N) is 10. The molecular formula is C59H72F2N10O12S2Si. The number of fused-ring (bicyclic) bond motifs is 4. The average molecular weight is 1240 g/mol. The molecule has 4 aliphatic heterocycles. The van der Waals surface area contributed by atoms with Crippen molar-refractivity contribution in [2.24, 2.45) is 0 Å². The Morgan fingerprint density at radius 3 is 1.34 bits per heavy atom. The first-order chi connectivity index (χ1) is 40.7. The summed E-state index contributed by atoms with van der Waals surface area (Å²) in [5, 5.41) is 11.9. The third kappa shape index (κ3) is 12.2. The van der Waals surface area contributed by atoms with E-state index in [1.54, 1.807) is 53.6 Å². The second-order valence-electron chi connectivity index (χ2n) is 22.9. The normalized spacial score (nSPS) is 16.2. The fraction of sp³-hybridized carbons (Fsp3) is 0.424. The first-order valence-electron chi connectivity index (χ1n) is 28.3. The maximum Gasteiger partial charge on any atom is 0.415 e. The van der Waals surface area contributed by atoms with Crippen LogP contribution in [0.25, 0.3) is 21.8 Å². The molecule has 86 heavy (non-hydrogen) atoms. The van der Waals surface area contributed by atoms with Gasteiger partial charge >= 0.3 is 12.2 Å². The molecule has 0 unspecified atom stereocenters. The number of hydrogen-bond donors (Lipinski definition) is 1. The third-order valence-electron chi connectivity index (χ3n) is 16.4. The van der Waals surface area contributed by atoms with Crippen LogP contribution in [0.5, 0.6) is 23.0 Å². The van der Waals surface area contributed by atoms with Gasteiger partial charge in [0.1, 0.15) is 39.9 Å². The number of aromatic nitrogens is 2. The van der Waals surface area contributed by atoms with Gasteiger partial charge in [0.15, 0.2) is 5.75 Å². The van der Waals surface area contributed by atoms with Crippen molar-refractivity contribution >= 4 is 74.5 Å². The van der Waals surface area contributed by atoms with E-state index in [0.29, 0.717) is 44.3 Å². The standard InChI is InChI=1S/C34H46FN5O6SSi.C25H26FN5O6S/c1-22(2)48(23(3)4,24(5)6)46-32-29-28(21-39(33(29)41)20-25-11-13-26(35)14-12-25)31(27-10-9-15-36-30(27)32)45-34(42)38-16-18-40(19-17-38)47(43,44)37(7)8;1-28(2)38(35,36)31-12-10-29(11-13-31)25(34)37-23-18-4-3-9-27-21(18)22(32)20-19(23)15-30(24(20)33)14-16-5-7-17(26)8-6-16/h9-15,22-24H,16-21H2,1-8H3;3-9,32H,10-15H2,1-2H3. The zero-order valence-electron chi connectivity index (χ0n) is 49.8. The van der Waals surface area contributed by atoms with E-state index >= 15 is 0 Å². The monoisotopic (exact) mass is 1240 g/mol. The Morgan fingerprint density at radius 2 is 0.942 bits per heavy atom. The predicted octanol–water partition coefficient (Wildman–Crippen LogP) is 8.17. The molecule has 460 valence electrons. The molecule has 4 aromatic carbocycles. The number of pyridine rings is 2. The molecule has 2 aromatic heterocycles. The van der Waals surface area contributed by atoms with Gasteiger partial charge in [-0.1, -0.05) is 65.8 Å². The van der Waals surface area contributed by atoms with Crippen molar-refractivity contribution in [3.8, 4) is 23.0 Å². The zero-order valence-corrected chi connectivity index (χ0v) is 52.4. The van der Waals surface area contributed by atoms with Gasteiger partial charge in [-0.15, -0.1) is 0 Å². The number of hydrogen-bond acceptors (Lipinski definition) is 14. The van der Waals surface area contributed by atoms with Gasteiger partial charge in [-0.3, -0.25) is 19.6 Å². The lowest BCUT2D eigenvalue weighted by Gasteiger charge is -2.42. The van der Waals surface area contributed by atoms with Crippen molar-refractivity contribution < 1.29 is 63.8 Å². The number of benzene rings is 4. The summed E-state index contributed by atoms with van der Waals surface area (Å²) in [5.41, 5.74) is 3.85. The van der Waals surface area contributed by atoms with Crippen LogP contribution in [0.1, 0.15) is 84.5 Å². The van der Waals surface area contributed by atoms with Gasteiger partial charge in [0.2, 0.25) is 0 Å². The summed E-state index contributed by atoms with van der Waals surface area (Å²) in [6.45, 7) is 14.6. The summed E-state index contributed by atoms with van der Waals surface area (Å²) in [7, 11) is -3.98. The van der Waals surface area contributed by atoms with Crippen molar-refractivity contribution in [1.82, 2.24) is 46.8 Å². The van der Waals surface area contributed by atoms with E-state index in [-0.39, 0.29) is 135 Å². The highest BCUT2D eigenvalue weighted by molar-refractivity contribution is 7.87. The van der Waals surface area contributed by atoms with Crippen molar-refractivity contribution in [1.29, 1.82) is 0 Å². The van der Waals surface area contributed by atoms with Crippen molar-refractivity contribution in [2.75, 3.05) is 80.5 Å². The summed E-state index contributed by atoms with van der Waals surface area (Å²) in [6, 6.07) is 18.6. The molecule has 0 radical (unpaired) electrons. The summed E-state index contributed by atoms with van der Waals surface area (Å²) < 4.78 is 101. The Morgan fingerprint density at radius 1 is 0.570 bits per heavy atom. The quantitative estimate of drug-likeness (QED) is 0.0956. The molecule has 10 rings (SSSR count). The number of aromatic hydroxyl groups is 1. The van der Waals surface area contributed by atoms with E-state index in [9.17, 15) is 49.9 Å². The van der Waals surface area contributed by atoms with Crippen LogP contribution in [0.15, 0.2) is 85.2 Å². The van der Waals surface area contributed by atoms with Crippen LogP contribution in [0.3, 0.4) is 0 Å². The Balaban J connectivity index is 0.000000211. The number of amides is 4. The first kappa shape index (κ1) is 63.1. The van der Waals surface area contributed by atoms with Gasteiger partial charge in [0, 0.05) is 128 Å². The molecule has 0 bridgehead atoms. The van der Waals surface area contributed by atoms with Crippen LogP contribution in [-0.4, -0.2) is 182 Å². The second-order valence-corrected chi connectivity index (χ2v) is 32.6. The van der Waals surface area contributed by atoms with Gasteiger partial charge in [-0.25, -0.2) is 18.4 Å². The zero-order chi connectivity index (χ0) is 62.3. The first-order valence-corrected chi connectivity index (χ1v) is 33.2. The molecule has 27 heteroatoms. The SMILES string of the molecule is CC(C)[Si](Oc1c2c(c(OC(=O)N3CCN(S(=O)(=O)N(C)C)CC3)c3cccnc13)CN(Cc1ccc(F)cc1)C2=O)(C(C)C)C(C)C.CN(C)S(=O)(=O)N1CCN(C(=O)Oc2c3c(c(O)c4ncccc24)C(=O)N(Cc2ccc(F)cc2)C3)CC1. The fourth-order valence-corrected chi connectivity index (χ4v) is 19.4. The van der Waals surface area contributed by atoms with Gasteiger partial charge in [-0.05, 0) is 76.3 Å². The van der Waals surface area contributed by atoms with E-state index in [1.807, 2.05) is 6.07 Å². The van der Waals surface area contributed by atoms with Crippen LogP contribution >= 0.6 is 0 Å². The highest BCUT2D eigenvalue weighted by atomic mass is 32.2. The van der Waals surface area contributed by atoms with Gasteiger partial charge in [-0.2, -0.15) is 34.1 Å². The topological polar surface area (TPSA) is 236 Å². The number of carbonyl (C=O) groups excluding carboxylic acids is 4.